The molecule has 102 valence electrons. The number of benzene rings is 1. The van der Waals surface area contributed by atoms with Crippen molar-refractivity contribution in [2.24, 2.45) is 0 Å². The van der Waals surface area contributed by atoms with Gasteiger partial charge in [0, 0.05) is 0 Å². The summed E-state index contributed by atoms with van der Waals surface area (Å²) in [5, 5.41) is 0. The normalized spacial score (nSPS) is 12.5. The Hall–Kier alpha value is -1.11. The van der Waals surface area contributed by atoms with Crippen LogP contribution in [0.5, 0.6) is 5.75 Å². The summed E-state index contributed by atoms with van der Waals surface area (Å²) in [6.07, 6.45) is 0. The van der Waals surface area contributed by atoms with E-state index >= 15 is 0 Å². The zero-order valence-electron chi connectivity index (χ0n) is 11.3. The monoisotopic (exact) mass is 273 g/mol. The van der Waals surface area contributed by atoms with E-state index < -0.39 is 15.6 Å². The molecule has 6 heteroatoms. The maximum atomic E-state index is 12.0. The zero-order chi connectivity index (χ0) is 14.0. The van der Waals surface area contributed by atoms with Crippen LogP contribution < -0.4 is 9.62 Å². The first-order valence-electron chi connectivity index (χ1n) is 5.50. The average Bonchev–Trinajstić information content (AvgIpc) is 2.25. The quantitative estimate of drug-likeness (QED) is 0.852. The molecular formula is C12H19NO4S. The standard InChI is InChI=1S/C12H19NO4S/c1-9-8-10(6-7-11(9)16-5)18(14,15)13-17-12(2,3)4/h6-8,13H,1-5H3. The molecule has 0 radical (unpaired) electrons. The molecular weight excluding hydrogens is 254 g/mol. The van der Waals surface area contributed by atoms with Gasteiger partial charge in [-0.1, -0.05) is 4.89 Å². The number of sulfonamides is 1. The second-order valence-corrected chi connectivity index (χ2v) is 6.58. The molecule has 0 amide bonds. The maximum Gasteiger partial charge on any atom is 0.262 e. The Morgan fingerprint density at radius 3 is 2.28 bits per heavy atom. The molecule has 0 saturated heterocycles. The van der Waals surface area contributed by atoms with Crippen molar-refractivity contribution in [3.05, 3.63) is 23.8 Å². The predicted octanol–water partition coefficient (Wildman–Crippen LogP) is 2.01. The van der Waals surface area contributed by atoms with E-state index in [9.17, 15) is 8.42 Å². The van der Waals surface area contributed by atoms with Crippen LogP contribution in [0.2, 0.25) is 0 Å². The highest BCUT2D eigenvalue weighted by Crippen LogP contribution is 2.21. The summed E-state index contributed by atoms with van der Waals surface area (Å²) in [6.45, 7) is 7.06. The molecule has 0 spiro atoms. The molecule has 0 heterocycles. The van der Waals surface area contributed by atoms with Crippen molar-refractivity contribution in [3.63, 3.8) is 0 Å². The molecule has 0 aliphatic rings. The van der Waals surface area contributed by atoms with E-state index in [1.807, 2.05) is 0 Å². The molecule has 18 heavy (non-hydrogen) atoms. The van der Waals surface area contributed by atoms with E-state index in [0.717, 1.165) is 5.56 Å². The van der Waals surface area contributed by atoms with E-state index in [1.165, 1.54) is 19.2 Å². The molecule has 0 aromatic heterocycles. The van der Waals surface area contributed by atoms with Gasteiger partial charge in [0.1, 0.15) is 5.75 Å². The SMILES string of the molecule is COc1ccc(S(=O)(=O)NOC(C)(C)C)cc1C. The summed E-state index contributed by atoms with van der Waals surface area (Å²) < 4.78 is 29.0. The third-order valence-corrected chi connectivity index (χ3v) is 3.31. The molecule has 0 saturated carbocycles. The molecule has 0 bridgehead atoms. The third kappa shape index (κ3) is 3.97. The molecule has 1 rings (SSSR count). The smallest absolute Gasteiger partial charge is 0.262 e. The lowest BCUT2D eigenvalue weighted by molar-refractivity contribution is -0.0357. The second kappa shape index (κ2) is 5.26. The molecule has 1 aromatic rings. The fourth-order valence-corrected chi connectivity index (χ4v) is 2.28. The van der Waals surface area contributed by atoms with Gasteiger partial charge < -0.3 is 4.74 Å². The topological polar surface area (TPSA) is 64.6 Å². The highest BCUT2D eigenvalue weighted by molar-refractivity contribution is 7.89. The van der Waals surface area contributed by atoms with Gasteiger partial charge >= 0.3 is 0 Å². The van der Waals surface area contributed by atoms with Crippen LogP contribution in [0.3, 0.4) is 0 Å². The minimum absolute atomic E-state index is 0.144. The lowest BCUT2D eigenvalue weighted by Gasteiger charge is -2.19. The number of hydrogen-bond donors (Lipinski definition) is 1. The molecule has 0 atom stereocenters. The lowest BCUT2D eigenvalue weighted by atomic mass is 10.2. The van der Waals surface area contributed by atoms with Gasteiger partial charge in [0.25, 0.3) is 10.0 Å². The molecule has 1 aromatic carbocycles. The summed E-state index contributed by atoms with van der Waals surface area (Å²) in [4.78, 5) is 7.33. The molecule has 0 aliphatic heterocycles. The Morgan fingerprint density at radius 1 is 1.22 bits per heavy atom. The van der Waals surface area contributed by atoms with E-state index in [-0.39, 0.29) is 4.90 Å². The van der Waals surface area contributed by atoms with Gasteiger partial charge in [-0.05, 0) is 51.5 Å². The Kier molecular flexibility index (Phi) is 4.37. The Bertz CT molecular complexity index is 517. The number of hydrogen-bond acceptors (Lipinski definition) is 4. The minimum atomic E-state index is -3.67. The number of aryl methyl sites for hydroxylation is 1. The molecule has 0 fully saturated rings. The van der Waals surface area contributed by atoms with Crippen LogP contribution in [0.25, 0.3) is 0 Å². The minimum Gasteiger partial charge on any atom is -0.496 e. The first-order valence-corrected chi connectivity index (χ1v) is 6.98. The van der Waals surface area contributed by atoms with Gasteiger partial charge in [-0.3, -0.25) is 4.84 Å². The first-order chi connectivity index (χ1) is 8.15. The zero-order valence-corrected chi connectivity index (χ0v) is 12.1. The highest BCUT2D eigenvalue weighted by Gasteiger charge is 2.19. The van der Waals surface area contributed by atoms with Gasteiger partial charge in [0.2, 0.25) is 0 Å². The number of methoxy groups -OCH3 is 1. The van der Waals surface area contributed by atoms with Gasteiger partial charge in [-0.2, -0.15) is 0 Å². The van der Waals surface area contributed by atoms with Crippen molar-refractivity contribution in [1.82, 2.24) is 4.89 Å². The van der Waals surface area contributed by atoms with E-state index in [0.29, 0.717) is 5.75 Å². The summed E-state index contributed by atoms with van der Waals surface area (Å²) >= 11 is 0. The van der Waals surface area contributed by atoms with Crippen molar-refractivity contribution < 1.29 is 18.0 Å². The highest BCUT2D eigenvalue weighted by atomic mass is 32.2. The molecule has 5 nitrogen and oxygen atoms in total. The van der Waals surface area contributed by atoms with Gasteiger partial charge in [0.05, 0.1) is 17.6 Å². The Morgan fingerprint density at radius 2 is 1.83 bits per heavy atom. The van der Waals surface area contributed by atoms with Crippen LogP contribution in [0.1, 0.15) is 26.3 Å². The van der Waals surface area contributed by atoms with Crippen LogP contribution in [0.15, 0.2) is 23.1 Å². The van der Waals surface area contributed by atoms with Gasteiger partial charge in [-0.15, -0.1) is 0 Å². The fourth-order valence-electron chi connectivity index (χ4n) is 1.25. The average molecular weight is 273 g/mol. The van der Waals surface area contributed by atoms with Crippen LogP contribution in [-0.4, -0.2) is 21.1 Å². The molecule has 1 N–H and O–H groups in total. The first kappa shape index (κ1) is 14.9. The van der Waals surface area contributed by atoms with Crippen LogP contribution >= 0.6 is 0 Å². The van der Waals surface area contributed by atoms with Crippen molar-refractivity contribution in [2.75, 3.05) is 7.11 Å². The summed E-state index contributed by atoms with van der Waals surface area (Å²) in [5.74, 6) is 0.644. The summed E-state index contributed by atoms with van der Waals surface area (Å²) in [6, 6.07) is 4.62. The largest absolute Gasteiger partial charge is 0.496 e. The summed E-state index contributed by atoms with van der Waals surface area (Å²) in [7, 11) is -2.13. The second-order valence-electron chi connectivity index (χ2n) is 4.93. The van der Waals surface area contributed by atoms with Crippen LogP contribution in [0.4, 0.5) is 0 Å². The molecule has 0 aliphatic carbocycles. The number of rotatable bonds is 4. The van der Waals surface area contributed by atoms with Crippen molar-refractivity contribution >= 4 is 10.0 Å². The van der Waals surface area contributed by atoms with E-state index in [4.69, 9.17) is 9.57 Å². The van der Waals surface area contributed by atoms with Crippen molar-refractivity contribution in [2.45, 2.75) is 38.2 Å². The summed E-state index contributed by atoms with van der Waals surface area (Å²) in [5.41, 5.74) is 0.158. The number of ether oxygens (including phenoxy) is 1. The predicted molar refractivity (Wildman–Crippen MR) is 68.9 cm³/mol. The van der Waals surface area contributed by atoms with E-state index in [1.54, 1.807) is 33.8 Å². The van der Waals surface area contributed by atoms with Crippen molar-refractivity contribution in [1.29, 1.82) is 0 Å². The lowest BCUT2D eigenvalue weighted by Crippen LogP contribution is -2.33. The Balaban J connectivity index is 2.96. The van der Waals surface area contributed by atoms with Crippen LogP contribution in [0, 0.1) is 6.92 Å². The Labute approximate surface area is 108 Å². The van der Waals surface area contributed by atoms with Crippen molar-refractivity contribution in [3.8, 4) is 5.75 Å². The van der Waals surface area contributed by atoms with Crippen LogP contribution in [-0.2, 0) is 14.9 Å². The fraction of sp³-hybridized carbons (Fsp3) is 0.500. The van der Waals surface area contributed by atoms with Gasteiger partial charge in [-0.25, -0.2) is 8.42 Å². The third-order valence-electron chi connectivity index (χ3n) is 2.13. The number of nitrogens with one attached hydrogen (secondary N) is 1. The van der Waals surface area contributed by atoms with Gasteiger partial charge in [0.15, 0.2) is 0 Å². The maximum absolute atomic E-state index is 12.0. The van der Waals surface area contributed by atoms with E-state index in [2.05, 4.69) is 4.89 Å². The molecule has 0 unspecified atom stereocenters.